The first-order valence-corrected chi connectivity index (χ1v) is 10.8. The molecule has 0 spiro atoms. The van der Waals surface area contributed by atoms with Crippen LogP contribution in [0.25, 0.3) is 10.9 Å². The van der Waals surface area contributed by atoms with Gasteiger partial charge in [-0.2, -0.15) is 0 Å². The molecule has 4 rings (SSSR count). The van der Waals surface area contributed by atoms with E-state index in [4.69, 9.17) is 4.74 Å². The van der Waals surface area contributed by atoms with Crippen LogP contribution in [0.3, 0.4) is 0 Å². The second-order valence-electron chi connectivity index (χ2n) is 7.99. The van der Waals surface area contributed by atoms with Gasteiger partial charge in [-0.05, 0) is 57.0 Å². The average molecular weight is 399 g/mol. The first kappa shape index (κ1) is 19.9. The fourth-order valence-corrected chi connectivity index (χ4v) is 4.46. The van der Waals surface area contributed by atoms with Crippen molar-refractivity contribution in [3.63, 3.8) is 0 Å². The summed E-state index contributed by atoms with van der Waals surface area (Å²) in [5, 5.41) is 3.53. The SMILES string of the molecule is CCN1CCCC1CNC(=O)COc1ccc2nc3n(c(=O)c2c1)CCCCC3. The third kappa shape index (κ3) is 4.45. The molecule has 2 aliphatic heterocycles. The first-order valence-electron chi connectivity index (χ1n) is 10.8. The van der Waals surface area contributed by atoms with Gasteiger partial charge in [-0.3, -0.25) is 19.1 Å². The van der Waals surface area contributed by atoms with E-state index in [1.807, 2.05) is 6.07 Å². The van der Waals surface area contributed by atoms with Crippen LogP contribution in [0.4, 0.5) is 0 Å². The predicted octanol–water partition coefficient (Wildman–Crippen LogP) is 2.10. The van der Waals surface area contributed by atoms with E-state index in [0.717, 1.165) is 57.6 Å². The Balaban J connectivity index is 1.40. The standard InChI is InChI=1S/C22H30N4O3/c1-2-25-11-6-7-16(25)14-23-21(27)15-29-17-9-10-19-18(13-17)22(28)26-12-5-3-4-8-20(26)24-19/h9-10,13,16H,2-8,11-12,14-15H2,1H3,(H,23,27). The normalized spacial score (nSPS) is 19.7. The van der Waals surface area contributed by atoms with Crippen molar-refractivity contribution in [3.8, 4) is 5.75 Å². The molecule has 2 aromatic rings. The molecule has 0 radical (unpaired) electrons. The van der Waals surface area contributed by atoms with Crippen LogP contribution in [-0.4, -0.2) is 52.6 Å². The third-order valence-corrected chi connectivity index (χ3v) is 6.10. The highest BCUT2D eigenvalue weighted by Crippen LogP contribution is 2.20. The van der Waals surface area contributed by atoms with Gasteiger partial charge in [-0.15, -0.1) is 0 Å². The summed E-state index contributed by atoms with van der Waals surface area (Å²) in [4.78, 5) is 32.2. The topological polar surface area (TPSA) is 76.5 Å². The lowest BCUT2D eigenvalue weighted by Gasteiger charge is -2.22. The van der Waals surface area contributed by atoms with Crippen molar-refractivity contribution in [2.45, 2.75) is 58.0 Å². The minimum atomic E-state index is -0.134. The van der Waals surface area contributed by atoms with Crippen LogP contribution in [0.2, 0.25) is 0 Å². The number of amides is 1. The molecule has 0 bridgehead atoms. The molecule has 7 nitrogen and oxygen atoms in total. The number of aryl methyl sites for hydroxylation is 1. The number of benzene rings is 1. The van der Waals surface area contributed by atoms with Crippen LogP contribution in [-0.2, 0) is 17.8 Å². The lowest BCUT2D eigenvalue weighted by Crippen LogP contribution is -2.41. The Bertz CT molecular complexity index is 940. The molecule has 1 aromatic carbocycles. The Morgan fingerprint density at radius 1 is 1.24 bits per heavy atom. The number of nitrogens with zero attached hydrogens (tertiary/aromatic N) is 3. The lowest BCUT2D eigenvalue weighted by molar-refractivity contribution is -0.123. The zero-order valence-electron chi connectivity index (χ0n) is 17.2. The van der Waals surface area contributed by atoms with Gasteiger partial charge in [0.1, 0.15) is 11.6 Å². The number of carbonyl (C=O) groups excluding carboxylic acids is 1. The first-order chi connectivity index (χ1) is 14.2. The highest BCUT2D eigenvalue weighted by molar-refractivity contribution is 5.80. The molecule has 1 amide bonds. The molecule has 156 valence electrons. The number of carbonyl (C=O) groups is 1. The number of nitrogens with one attached hydrogen (secondary N) is 1. The van der Waals surface area contributed by atoms with Gasteiger partial charge in [0.25, 0.3) is 11.5 Å². The van der Waals surface area contributed by atoms with Crippen LogP contribution >= 0.6 is 0 Å². The van der Waals surface area contributed by atoms with Gasteiger partial charge in [0, 0.05) is 25.6 Å². The summed E-state index contributed by atoms with van der Waals surface area (Å²) in [7, 11) is 0. The van der Waals surface area contributed by atoms with Crippen molar-refractivity contribution in [1.29, 1.82) is 0 Å². The molecule has 29 heavy (non-hydrogen) atoms. The largest absolute Gasteiger partial charge is 0.484 e. The summed E-state index contributed by atoms with van der Waals surface area (Å²) in [6, 6.07) is 5.73. The number of fused-ring (bicyclic) bond motifs is 2. The number of hydrogen-bond donors (Lipinski definition) is 1. The van der Waals surface area contributed by atoms with E-state index in [9.17, 15) is 9.59 Å². The van der Waals surface area contributed by atoms with Crippen molar-refractivity contribution >= 4 is 16.8 Å². The Hall–Kier alpha value is -2.41. The molecular formula is C22H30N4O3. The van der Waals surface area contributed by atoms with Crippen LogP contribution in [0.15, 0.2) is 23.0 Å². The Morgan fingerprint density at radius 2 is 2.14 bits per heavy atom. The van der Waals surface area contributed by atoms with E-state index < -0.39 is 0 Å². The number of likely N-dealkylation sites (N-methyl/N-ethyl adjacent to an activating group) is 1. The van der Waals surface area contributed by atoms with Gasteiger partial charge in [-0.25, -0.2) is 4.98 Å². The van der Waals surface area contributed by atoms with Crippen molar-refractivity contribution < 1.29 is 9.53 Å². The van der Waals surface area contributed by atoms with Crippen molar-refractivity contribution in [2.24, 2.45) is 0 Å². The second kappa shape index (κ2) is 8.95. The molecule has 1 atom stereocenters. The quantitative estimate of drug-likeness (QED) is 0.806. The minimum Gasteiger partial charge on any atom is -0.484 e. The van der Waals surface area contributed by atoms with Gasteiger partial charge < -0.3 is 10.1 Å². The van der Waals surface area contributed by atoms with Crippen LogP contribution in [0, 0.1) is 0 Å². The Labute approximate surface area is 171 Å². The van der Waals surface area contributed by atoms with E-state index in [1.54, 1.807) is 16.7 Å². The van der Waals surface area contributed by atoms with Crippen molar-refractivity contribution in [3.05, 3.63) is 34.4 Å². The maximum absolute atomic E-state index is 12.9. The zero-order chi connectivity index (χ0) is 20.2. The third-order valence-electron chi connectivity index (χ3n) is 6.10. The number of ether oxygens (including phenoxy) is 1. The number of aromatic nitrogens is 2. The fraction of sp³-hybridized carbons (Fsp3) is 0.591. The molecule has 1 saturated heterocycles. The average Bonchev–Trinajstić information content (AvgIpc) is 3.07. The molecule has 3 heterocycles. The summed E-state index contributed by atoms with van der Waals surface area (Å²) < 4.78 is 7.46. The van der Waals surface area contributed by atoms with E-state index in [1.165, 1.54) is 6.42 Å². The van der Waals surface area contributed by atoms with Crippen LogP contribution in [0.5, 0.6) is 5.75 Å². The van der Waals surface area contributed by atoms with Crippen LogP contribution in [0.1, 0.15) is 44.9 Å². The maximum Gasteiger partial charge on any atom is 0.261 e. The highest BCUT2D eigenvalue weighted by Gasteiger charge is 2.23. The van der Waals surface area contributed by atoms with E-state index in [2.05, 4.69) is 22.1 Å². The number of likely N-dealkylation sites (tertiary alicyclic amines) is 1. The molecule has 2 aliphatic rings. The summed E-state index contributed by atoms with van der Waals surface area (Å²) in [6.45, 7) is 5.61. The molecular weight excluding hydrogens is 368 g/mol. The molecule has 0 aliphatic carbocycles. The van der Waals surface area contributed by atoms with E-state index in [0.29, 0.717) is 29.2 Å². The van der Waals surface area contributed by atoms with Gasteiger partial charge in [0.15, 0.2) is 6.61 Å². The molecule has 1 unspecified atom stereocenters. The molecule has 0 saturated carbocycles. The van der Waals surface area contributed by atoms with Crippen molar-refractivity contribution in [1.82, 2.24) is 19.8 Å². The molecule has 1 N–H and O–H groups in total. The van der Waals surface area contributed by atoms with Crippen molar-refractivity contribution in [2.75, 3.05) is 26.2 Å². The highest BCUT2D eigenvalue weighted by atomic mass is 16.5. The van der Waals surface area contributed by atoms with E-state index >= 15 is 0 Å². The van der Waals surface area contributed by atoms with Gasteiger partial charge in [-0.1, -0.05) is 13.3 Å². The summed E-state index contributed by atoms with van der Waals surface area (Å²) in [6.07, 6.45) is 6.37. The number of hydrogen-bond acceptors (Lipinski definition) is 5. The predicted molar refractivity (Wildman–Crippen MR) is 112 cm³/mol. The van der Waals surface area contributed by atoms with Gasteiger partial charge in [0.05, 0.1) is 10.9 Å². The molecule has 1 fully saturated rings. The van der Waals surface area contributed by atoms with Gasteiger partial charge in [0.2, 0.25) is 0 Å². The smallest absolute Gasteiger partial charge is 0.261 e. The molecule has 7 heteroatoms. The zero-order valence-corrected chi connectivity index (χ0v) is 17.2. The summed E-state index contributed by atoms with van der Waals surface area (Å²) >= 11 is 0. The summed E-state index contributed by atoms with van der Waals surface area (Å²) in [5.74, 6) is 1.27. The van der Waals surface area contributed by atoms with Gasteiger partial charge >= 0.3 is 0 Å². The second-order valence-corrected chi connectivity index (χ2v) is 7.99. The lowest BCUT2D eigenvalue weighted by atomic mass is 10.2. The van der Waals surface area contributed by atoms with E-state index in [-0.39, 0.29) is 18.1 Å². The Morgan fingerprint density at radius 3 is 3.00 bits per heavy atom. The molecule has 1 aromatic heterocycles. The van der Waals surface area contributed by atoms with Crippen LogP contribution < -0.4 is 15.6 Å². The minimum absolute atomic E-state index is 0.0114. The number of rotatable bonds is 6. The monoisotopic (exact) mass is 398 g/mol. The Kier molecular flexibility index (Phi) is 6.13. The maximum atomic E-state index is 12.9. The summed E-state index contributed by atoms with van der Waals surface area (Å²) in [5.41, 5.74) is 0.684. The fourth-order valence-electron chi connectivity index (χ4n) is 4.46.